The molecule has 2 aliphatic rings. The van der Waals surface area contributed by atoms with Gasteiger partial charge in [-0.05, 0) is 37.5 Å². The topological polar surface area (TPSA) is 32.3 Å². The summed E-state index contributed by atoms with van der Waals surface area (Å²) in [6.07, 6.45) is -2.09. The van der Waals surface area contributed by atoms with Crippen LogP contribution in [-0.4, -0.2) is 40.9 Å². The third-order valence-corrected chi connectivity index (χ3v) is 5.89. The molecule has 0 spiro atoms. The molecule has 3 rings (SSSR count). The van der Waals surface area contributed by atoms with Crippen LogP contribution in [0.1, 0.15) is 43.4 Å². The van der Waals surface area contributed by atoms with Crippen LogP contribution < -0.4 is 5.32 Å². The van der Waals surface area contributed by atoms with Gasteiger partial charge >= 0.3 is 6.18 Å². The Morgan fingerprint density at radius 2 is 2.16 bits per heavy atom. The molecule has 1 aliphatic heterocycles. The first-order valence-corrected chi connectivity index (χ1v) is 9.81. The Hall–Kier alpha value is -1.21. The van der Waals surface area contributed by atoms with Crippen molar-refractivity contribution in [3.8, 4) is 0 Å². The standard InChI is InChI=1S/C18H23F3N2OS/c1-12(13-3-2-4-14(9-13)18(19,20)21)23(16-5-6-16)17(24)10-15-11-25-8-7-22-15/h2-4,9,12,15-16,22H,5-8,10-11H2,1H3. The molecule has 0 bridgehead atoms. The van der Waals surface area contributed by atoms with E-state index in [9.17, 15) is 18.0 Å². The van der Waals surface area contributed by atoms with Crippen LogP contribution in [0.2, 0.25) is 0 Å². The summed E-state index contributed by atoms with van der Waals surface area (Å²) in [4.78, 5) is 14.6. The van der Waals surface area contributed by atoms with Crippen LogP contribution in [0, 0.1) is 0 Å². The van der Waals surface area contributed by atoms with Crippen molar-refractivity contribution < 1.29 is 18.0 Å². The van der Waals surface area contributed by atoms with Crippen LogP contribution in [0.15, 0.2) is 24.3 Å². The summed E-state index contributed by atoms with van der Waals surface area (Å²) in [5.41, 5.74) is -0.119. The van der Waals surface area contributed by atoms with Crippen LogP contribution in [-0.2, 0) is 11.0 Å². The van der Waals surface area contributed by atoms with E-state index in [0.717, 1.165) is 37.0 Å². The van der Waals surface area contributed by atoms with E-state index in [0.29, 0.717) is 12.0 Å². The molecule has 1 amide bonds. The molecule has 1 saturated carbocycles. The summed E-state index contributed by atoms with van der Waals surface area (Å²) >= 11 is 1.83. The van der Waals surface area contributed by atoms with Gasteiger partial charge in [-0.25, -0.2) is 0 Å². The molecule has 25 heavy (non-hydrogen) atoms. The minimum atomic E-state index is -4.37. The molecule has 1 aromatic carbocycles. The second-order valence-corrected chi connectivity index (χ2v) is 7.91. The molecule has 3 nitrogen and oxygen atoms in total. The lowest BCUT2D eigenvalue weighted by atomic mass is 10.0. The van der Waals surface area contributed by atoms with Crippen LogP contribution in [0.5, 0.6) is 0 Å². The Kier molecular flexibility index (Phi) is 5.63. The average Bonchev–Trinajstić information content (AvgIpc) is 3.40. The maximum absolute atomic E-state index is 13.0. The van der Waals surface area contributed by atoms with E-state index >= 15 is 0 Å². The van der Waals surface area contributed by atoms with Gasteiger partial charge in [0, 0.05) is 36.6 Å². The van der Waals surface area contributed by atoms with Gasteiger partial charge in [-0.15, -0.1) is 0 Å². The molecule has 1 N–H and O–H groups in total. The Bertz CT molecular complexity index is 613. The fraction of sp³-hybridized carbons (Fsp3) is 0.611. The molecule has 2 unspecified atom stereocenters. The van der Waals surface area contributed by atoms with E-state index in [2.05, 4.69) is 5.32 Å². The van der Waals surface area contributed by atoms with Crippen molar-refractivity contribution in [1.82, 2.24) is 10.2 Å². The number of nitrogens with one attached hydrogen (secondary N) is 1. The number of rotatable bonds is 5. The molecule has 1 saturated heterocycles. The highest BCUT2D eigenvalue weighted by Gasteiger charge is 2.38. The van der Waals surface area contributed by atoms with Gasteiger partial charge < -0.3 is 10.2 Å². The van der Waals surface area contributed by atoms with Crippen molar-refractivity contribution >= 4 is 17.7 Å². The number of nitrogens with zero attached hydrogens (tertiary/aromatic N) is 1. The summed E-state index contributed by atoms with van der Waals surface area (Å²) in [5, 5.41) is 3.35. The number of halogens is 3. The third kappa shape index (κ3) is 4.70. The van der Waals surface area contributed by atoms with E-state index in [-0.39, 0.29) is 24.0 Å². The van der Waals surface area contributed by atoms with Crippen LogP contribution in [0.25, 0.3) is 0 Å². The first kappa shape index (κ1) is 18.6. The van der Waals surface area contributed by atoms with Gasteiger partial charge in [0.15, 0.2) is 0 Å². The predicted molar refractivity (Wildman–Crippen MR) is 93.5 cm³/mol. The maximum atomic E-state index is 13.0. The molecule has 1 aliphatic carbocycles. The number of benzene rings is 1. The number of hydrogen-bond donors (Lipinski definition) is 1. The zero-order valence-electron chi connectivity index (χ0n) is 14.2. The molecule has 1 heterocycles. The highest BCUT2D eigenvalue weighted by Crippen LogP contribution is 2.37. The SMILES string of the molecule is CC(c1cccc(C(F)(F)F)c1)N(C(=O)CC1CSCCN1)C1CC1. The second kappa shape index (κ2) is 7.58. The quantitative estimate of drug-likeness (QED) is 0.852. The van der Waals surface area contributed by atoms with Crippen molar-refractivity contribution in [3.63, 3.8) is 0 Å². The molecule has 2 atom stereocenters. The van der Waals surface area contributed by atoms with Gasteiger partial charge in [-0.1, -0.05) is 12.1 Å². The van der Waals surface area contributed by atoms with Crippen molar-refractivity contribution in [2.24, 2.45) is 0 Å². The van der Waals surface area contributed by atoms with E-state index in [4.69, 9.17) is 0 Å². The molecule has 1 aromatic rings. The first-order valence-electron chi connectivity index (χ1n) is 8.65. The fourth-order valence-corrected chi connectivity index (χ4v) is 4.24. The third-order valence-electron chi connectivity index (χ3n) is 4.76. The number of alkyl halides is 3. The smallest absolute Gasteiger partial charge is 0.333 e. The zero-order chi connectivity index (χ0) is 18.0. The van der Waals surface area contributed by atoms with E-state index in [1.807, 2.05) is 18.7 Å². The fourth-order valence-electron chi connectivity index (χ4n) is 3.29. The lowest BCUT2D eigenvalue weighted by Gasteiger charge is -2.32. The molecule has 138 valence electrons. The zero-order valence-corrected chi connectivity index (χ0v) is 15.0. The van der Waals surface area contributed by atoms with Gasteiger partial charge in [0.2, 0.25) is 5.91 Å². The summed E-state index contributed by atoms with van der Waals surface area (Å²) in [5.74, 6) is 1.99. The minimum absolute atomic E-state index is 0.0346. The number of thioether (sulfide) groups is 1. The van der Waals surface area contributed by atoms with Crippen molar-refractivity contribution in [2.45, 2.75) is 50.5 Å². The molecule has 2 fully saturated rings. The Balaban J connectivity index is 1.74. The van der Waals surface area contributed by atoms with Crippen molar-refractivity contribution in [3.05, 3.63) is 35.4 Å². The van der Waals surface area contributed by atoms with Gasteiger partial charge in [0.05, 0.1) is 11.6 Å². The van der Waals surface area contributed by atoms with E-state index in [1.165, 1.54) is 12.1 Å². The highest BCUT2D eigenvalue weighted by atomic mass is 32.2. The van der Waals surface area contributed by atoms with Gasteiger partial charge in [-0.2, -0.15) is 24.9 Å². The van der Waals surface area contributed by atoms with Gasteiger partial charge in [0.25, 0.3) is 0 Å². The monoisotopic (exact) mass is 372 g/mol. The van der Waals surface area contributed by atoms with Crippen molar-refractivity contribution in [1.29, 1.82) is 0 Å². The molecule has 0 radical (unpaired) electrons. The van der Waals surface area contributed by atoms with Gasteiger partial charge in [0.1, 0.15) is 0 Å². The summed E-state index contributed by atoms with van der Waals surface area (Å²) in [6, 6.07) is 5.30. The highest BCUT2D eigenvalue weighted by molar-refractivity contribution is 7.99. The van der Waals surface area contributed by atoms with E-state index < -0.39 is 11.7 Å². The Labute approximate surface area is 150 Å². The Morgan fingerprint density at radius 3 is 2.76 bits per heavy atom. The molecular formula is C18H23F3N2OS. The van der Waals surface area contributed by atoms with Crippen LogP contribution >= 0.6 is 11.8 Å². The number of hydrogen-bond acceptors (Lipinski definition) is 3. The number of carbonyl (C=O) groups excluding carboxylic acids is 1. The maximum Gasteiger partial charge on any atom is 0.416 e. The average molecular weight is 372 g/mol. The van der Waals surface area contributed by atoms with Crippen molar-refractivity contribution in [2.75, 3.05) is 18.1 Å². The summed E-state index contributed by atoms with van der Waals surface area (Å²) < 4.78 is 38.9. The molecule has 7 heteroatoms. The predicted octanol–water partition coefficient (Wildman–Crippen LogP) is 3.85. The van der Waals surface area contributed by atoms with Crippen LogP contribution in [0.4, 0.5) is 13.2 Å². The van der Waals surface area contributed by atoms with Gasteiger partial charge in [-0.3, -0.25) is 4.79 Å². The molecule has 0 aromatic heterocycles. The second-order valence-electron chi connectivity index (χ2n) is 6.76. The minimum Gasteiger partial charge on any atom is -0.333 e. The Morgan fingerprint density at radius 1 is 1.40 bits per heavy atom. The first-order chi connectivity index (χ1) is 11.9. The lowest BCUT2D eigenvalue weighted by Crippen LogP contribution is -2.44. The number of carbonyl (C=O) groups is 1. The lowest BCUT2D eigenvalue weighted by molar-refractivity contribution is -0.137. The summed E-state index contributed by atoms with van der Waals surface area (Å²) in [6.45, 7) is 2.73. The van der Waals surface area contributed by atoms with E-state index in [1.54, 1.807) is 11.0 Å². The normalized spacial score (nSPS) is 22.5. The molecular weight excluding hydrogens is 349 g/mol. The summed E-state index contributed by atoms with van der Waals surface area (Å²) in [7, 11) is 0. The number of amides is 1. The largest absolute Gasteiger partial charge is 0.416 e. The van der Waals surface area contributed by atoms with Crippen LogP contribution in [0.3, 0.4) is 0 Å².